The Morgan fingerprint density at radius 2 is 1.62 bits per heavy atom. The summed E-state index contributed by atoms with van der Waals surface area (Å²) >= 11 is 0. The first kappa shape index (κ1) is 18.6. The number of aromatic nitrogens is 2. The molecule has 1 N–H and O–H groups in total. The fourth-order valence-corrected chi connectivity index (χ4v) is 2.70. The number of aryl methyl sites for hydroxylation is 1. The first-order chi connectivity index (χ1) is 11.4. The third kappa shape index (κ3) is 5.72. The Hall–Kier alpha value is -1.74. The summed E-state index contributed by atoms with van der Waals surface area (Å²) in [5.74, 6) is 0.803. The van der Waals surface area contributed by atoms with Crippen molar-refractivity contribution in [1.29, 1.82) is 0 Å². The van der Waals surface area contributed by atoms with Crippen LogP contribution in [0.4, 0.5) is 0 Å². The van der Waals surface area contributed by atoms with E-state index in [9.17, 15) is 0 Å². The van der Waals surface area contributed by atoms with E-state index >= 15 is 0 Å². The van der Waals surface area contributed by atoms with E-state index in [2.05, 4.69) is 67.2 Å². The lowest BCUT2D eigenvalue weighted by atomic mass is 9.89. The molecule has 0 saturated heterocycles. The molecule has 0 bridgehead atoms. The average molecular weight is 325 g/mol. The van der Waals surface area contributed by atoms with Crippen LogP contribution >= 0.6 is 0 Å². The zero-order valence-electron chi connectivity index (χ0n) is 15.8. The van der Waals surface area contributed by atoms with Gasteiger partial charge in [0, 0.05) is 24.0 Å². The first-order valence-electron chi connectivity index (χ1n) is 8.97. The molecular weight excluding hydrogens is 294 g/mol. The highest BCUT2D eigenvalue weighted by Crippen LogP contribution is 2.22. The molecule has 1 unspecified atom stereocenters. The van der Waals surface area contributed by atoms with Gasteiger partial charge in [-0.05, 0) is 49.8 Å². The number of benzene rings is 1. The zero-order valence-corrected chi connectivity index (χ0v) is 15.8. The van der Waals surface area contributed by atoms with Crippen LogP contribution in [-0.2, 0) is 6.42 Å². The molecule has 0 radical (unpaired) electrons. The predicted molar refractivity (Wildman–Crippen MR) is 102 cm³/mol. The molecule has 2 aromatic rings. The molecule has 3 nitrogen and oxygen atoms in total. The van der Waals surface area contributed by atoms with E-state index in [1.807, 2.05) is 19.4 Å². The molecule has 1 aromatic carbocycles. The standard InChI is InChI=1S/C21H31N3/c1-16(22-5)18-9-11-19(12-10-18)20-23-14-17(15-24-20)8-6-7-13-21(2,3)4/h9-12,14-16,22H,6-8,13H2,1-5H3. The molecule has 1 atom stereocenters. The summed E-state index contributed by atoms with van der Waals surface area (Å²) in [5, 5.41) is 3.25. The average Bonchev–Trinajstić information content (AvgIpc) is 2.58. The van der Waals surface area contributed by atoms with Gasteiger partial charge in [-0.25, -0.2) is 9.97 Å². The van der Waals surface area contributed by atoms with Crippen molar-refractivity contribution in [3.05, 3.63) is 47.8 Å². The largest absolute Gasteiger partial charge is 0.313 e. The minimum atomic E-state index is 0.357. The molecule has 0 aliphatic rings. The van der Waals surface area contributed by atoms with Crippen molar-refractivity contribution in [2.24, 2.45) is 5.41 Å². The van der Waals surface area contributed by atoms with E-state index in [-0.39, 0.29) is 0 Å². The summed E-state index contributed by atoms with van der Waals surface area (Å²) in [6, 6.07) is 8.83. The molecule has 3 heteroatoms. The quantitative estimate of drug-likeness (QED) is 0.712. The van der Waals surface area contributed by atoms with Gasteiger partial charge in [0.25, 0.3) is 0 Å². The summed E-state index contributed by atoms with van der Waals surface area (Å²) < 4.78 is 0. The maximum atomic E-state index is 4.54. The summed E-state index contributed by atoms with van der Waals surface area (Å²) in [7, 11) is 1.97. The van der Waals surface area contributed by atoms with Gasteiger partial charge in [0.2, 0.25) is 0 Å². The maximum Gasteiger partial charge on any atom is 0.159 e. The Labute approximate surface area is 146 Å². The van der Waals surface area contributed by atoms with E-state index in [0.29, 0.717) is 11.5 Å². The van der Waals surface area contributed by atoms with E-state index < -0.39 is 0 Å². The van der Waals surface area contributed by atoms with Gasteiger partial charge in [-0.1, -0.05) is 51.5 Å². The summed E-state index contributed by atoms with van der Waals surface area (Å²) in [5.41, 5.74) is 4.00. The SMILES string of the molecule is CNC(C)c1ccc(-c2ncc(CCCCC(C)(C)C)cn2)cc1. The molecule has 0 saturated carbocycles. The van der Waals surface area contributed by atoms with Gasteiger partial charge in [0.1, 0.15) is 0 Å². The number of nitrogens with one attached hydrogen (secondary N) is 1. The number of nitrogens with zero attached hydrogens (tertiary/aromatic N) is 2. The van der Waals surface area contributed by atoms with Gasteiger partial charge < -0.3 is 5.32 Å². The Bertz CT molecular complexity index is 609. The van der Waals surface area contributed by atoms with Crippen LogP contribution in [0, 0.1) is 5.41 Å². The molecule has 24 heavy (non-hydrogen) atoms. The molecule has 130 valence electrons. The molecule has 0 amide bonds. The molecule has 0 aliphatic heterocycles. The van der Waals surface area contributed by atoms with Crippen LogP contribution in [-0.4, -0.2) is 17.0 Å². The third-order valence-corrected chi connectivity index (χ3v) is 4.45. The lowest BCUT2D eigenvalue weighted by molar-refractivity contribution is 0.360. The molecule has 1 heterocycles. The highest BCUT2D eigenvalue weighted by molar-refractivity contribution is 5.55. The Kier molecular flexibility index (Phi) is 6.50. The van der Waals surface area contributed by atoms with Crippen LogP contribution < -0.4 is 5.32 Å². The van der Waals surface area contributed by atoms with Gasteiger partial charge in [0.15, 0.2) is 5.82 Å². The summed E-state index contributed by atoms with van der Waals surface area (Å²) in [4.78, 5) is 9.09. The van der Waals surface area contributed by atoms with Crippen LogP contribution in [0.2, 0.25) is 0 Å². The number of unbranched alkanes of at least 4 members (excludes halogenated alkanes) is 1. The van der Waals surface area contributed by atoms with Crippen molar-refractivity contribution < 1.29 is 0 Å². The minimum absolute atomic E-state index is 0.357. The zero-order chi connectivity index (χ0) is 17.6. The Morgan fingerprint density at radius 1 is 1.00 bits per heavy atom. The van der Waals surface area contributed by atoms with Crippen molar-refractivity contribution in [3.8, 4) is 11.4 Å². The van der Waals surface area contributed by atoms with Gasteiger partial charge in [-0.15, -0.1) is 0 Å². The van der Waals surface area contributed by atoms with Crippen molar-refractivity contribution in [2.45, 2.75) is 59.4 Å². The summed E-state index contributed by atoms with van der Waals surface area (Å²) in [6.07, 6.45) is 8.75. The van der Waals surface area contributed by atoms with E-state index in [1.165, 1.54) is 30.4 Å². The second-order valence-electron chi connectivity index (χ2n) is 7.82. The van der Waals surface area contributed by atoms with Crippen molar-refractivity contribution in [3.63, 3.8) is 0 Å². The third-order valence-electron chi connectivity index (χ3n) is 4.45. The molecule has 0 fully saturated rings. The Balaban J connectivity index is 1.92. The first-order valence-corrected chi connectivity index (χ1v) is 8.97. The normalized spacial score (nSPS) is 13.0. The van der Waals surface area contributed by atoms with Crippen LogP contribution in [0.3, 0.4) is 0 Å². The number of hydrogen-bond donors (Lipinski definition) is 1. The van der Waals surface area contributed by atoms with Crippen LogP contribution in [0.25, 0.3) is 11.4 Å². The second kappa shape index (κ2) is 8.39. The van der Waals surface area contributed by atoms with Crippen molar-refractivity contribution in [1.82, 2.24) is 15.3 Å². The second-order valence-corrected chi connectivity index (χ2v) is 7.82. The lowest BCUT2D eigenvalue weighted by Crippen LogP contribution is -2.11. The monoisotopic (exact) mass is 325 g/mol. The smallest absolute Gasteiger partial charge is 0.159 e. The lowest BCUT2D eigenvalue weighted by Gasteiger charge is -2.17. The van der Waals surface area contributed by atoms with Gasteiger partial charge >= 0.3 is 0 Å². The number of hydrogen-bond acceptors (Lipinski definition) is 3. The fourth-order valence-electron chi connectivity index (χ4n) is 2.70. The van der Waals surface area contributed by atoms with Gasteiger partial charge in [0.05, 0.1) is 0 Å². The van der Waals surface area contributed by atoms with Crippen LogP contribution in [0.1, 0.15) is 64.1 Å². The predicted octanol–water partition coefficient (Wildman–Crippen LogP) is 5.18. The van der Waals surface area contributed by atoms with Crippen molar-refractivity contribution >= 4 is 0 Å². The minimum Gasteiger partial charge on any atom is -0.313 e. The van der Waals surface area contributed by atoms with Gasteiger partial charge in [-0.3, -0.25) is 0 Å². The van der Waals surface area contributed by atoms with E-state index in [1.54, 1.807) is 0 Å². The molecule has 0 aliphatic carbocycles. The Morgan fingerprint density at radius 3 is 2.17 bits per heavy atom. The maximum absolute atomic E-state index is 4.54. The molecule has 0 spiro atoms. The molecule has 1 aromatic heterocycles. The fraction of sp³-hybridized carbons (Fsp3) is 0.524. The number of rotatable bonds is 7. The molecule has 2 rings (SSSR count). The summed E-state index contributed by atoms with van der Waals surface area (Å²) in [6.45, 7) is 9.05. The molecular formula is C21H31N3. The van der Waals surface area contributed by atoms with Crippen molar-refractivity contribution in [2.75, 3.05) is 7.05 Å². The van der Waals surface area contributed by atoms with Crippen LogP contribution in [0.15, 0.2) is 36.7 Å². The topological polar surface area (TPSA) is 37.8 Å². The highest BCUT2D eigenvalue weighted by atomic mass is 14.9. The van der Waals surface area contributed by atoms with Crippen LogP contribution in [0.5, 0.6) is 0 Å². The van der Waals surface area contributed by atoms with E-state index in [0.717, 1.165) is 17.8 Å². The van der Waals surface area contributed by atoms with Gasteiger partial charge in [-0.2, -0.15) is 0 Å². The highest BCUT2D eigenvalue weighted by Gasteiger charge is 2.09. The van der Waals surface area contributed by atoms with E-state index in [4.69, 9.17) is 0 Å².